The smallest absolute Gasteiger partial charge is 0.141 e. The minimum atomic E-state index is -0.178. The number of rotatable bonds is 2. The van der Waals surface area contributed by atoms with E-state index >= 15 is 0 Å². The summed E-state index contributed by atoms with van der Waals surface area (Å²) in [7, 11) is 0. The van der Waals surface area contributed by atoms with Crippen molar-refractivity contribution in [2.45, 2.75) is 13.0 Å². The minimum Gasteiger partial charge on any atom is -0.346 e. The lowest BCUT2D eigenvalue weighted by atomic mass is 10.2. The van der Waals surface area contributed by atoms with Crippen molar-refractivity contribution in [3.05, 3.63) is 37.1 Å². The molecule has 18 heavy (non-hydrogen) atoms. The summed E-state index contributed by atoms with van der Waals surface area (Å²) in [6.07, 6.45) is 7.21. The lowest BCUT2D eigenvalue weighted by molar-refractivity contribution is 0.678. The van der Waals surface area contributed by atoms with Gasteiger partial charge in [-0.2, -0.15) is 5.26 Å². The fourth-order valence-electron chi connectivity index (χ4n) is 1.96. The monoisotopic (exact) mass is 237 g/mol. The molecule has 5 heteroatoms. The van der Waals surface area contributed by atoms with Crippen LogP contribution in [0.15, 0.2) is 37.1 Å². The van der Waals surface area contributed by atoms with E-state index in [9.17, 15) is 0 Å². The molecule has 0 saturated carbocycles. The molecule has 1 N–H and O–H groups in total. The van der Waals surface area contributed by atoms with Crippen molar-refractivity contribution in [1.82, 2.24) is 19.5 Å². The zero-order valence-corrected chi connectivity index (χ0v) is 9.83. The van der Waals surface area contributed by atoms with Crippen molar-refractivity contribution in [2.24, 2.45) is 0 Å². The summed E-state index contributed by atoms with van der Waals surface area (Å²) in [6.45, 7) is 1.86. The van der Waals surface area contributed by atoms with Gasteiger partial charge in [-0.15, -0.1) is 0 Å². The van der Waals surface area contributed by atoms with Crippen molar-refractivity contribution in [3.8, 4) is 17.3 Å². The highest BCUT2D eigenvalue weighted by Gasteiger charge is 2.10. The lowest BCUT2D eigenvalue weighted by Gasteiger charge is -2.03. The van der Waals surface area contributed by atoms with Crippen LogP contribution in [0.2, 0.25) is 0 Å². The first-order chi connectivity index (χ1) is 8.79. The van der Waals surface area contributed by atoms with Crippen LogP contribution in [0.1, 0.15) is 13.0 Å². The molecule has 1 atom stereocenters. The zero-order valence-electron chi connectivity index (χ0n) is 9.83. The second kappa shape index (κ2) is 4.00. The molecule has 3 aromatic heterocycles. The van der Waals surface area contributed by atoms with Crippen LogP contribution in [0, 0.1) is 11.3 Å². The molecule has 0 aromatic carbocycles. The zero-order chi connectivity index (χ0) is 12.5. The SMILES string of the molecule is CC(C#N)n1ccc(-c2ncnc3[nH]ccc23)c1. The predicted molar refractivity (Wildman–Crippen MR) is 67.6 cm³/mol. The van der Waals surface area contributed by atoms with Crippen molar-refractivity contribution in [2.75, 3.05) is 0 Å². The topological polar surface area (TPSA) is 70.3 Å². The first-order valence-electron chi connectivity index (χ1n) is 5.65. The van der Waals surface area contributed by atoms with Crippen molar-refractivity contribution in [1.29, 1.82) is 5.26 Å². The van der Waals surface area contributed by atoms with Gasteiger partial charge in [0.05, 0.1) is 11.8 Å². The number of aromatic nitrogens is 4. The normalized spacial score (nSPS) is 12.4. The van der Waals surface area contributed by atoms with Gasteiger partial charge in [-0.1, -0.05) is 0 Å². The van der Waals surface area contributed by atoms with Crippen molar-refractivity contribution < 1.29 is 0 Å². The van der Waals surface area contributed by atoms with Gasteiger partial charge in [0.15, 0.2) is 0 Å². The molecular weight excluding hydrogens is 226 g/mol. The Kier molecular flexibility index (Phi) is 2.34. The van der Waals surface area contributed by atoms with E-state index in [-0.39, 0.29) is 6.04 Å². The fourth-order valence-corrected chi connectivity index (χ4v) is 1.96. The number of nitrogens with zero attached hydrogens (tertiary/aromatic N) is 4. The van der Waals surface area contributed by atoms with E-state index < -0.39 is 0 Å². The highest BCUT2D eigenvalue weighted by molar-refractivity contribution is 5.90. The van der Waals surface area contributed by atoms with E-state index in [1.54, 1.807) is 6.33 Å². The summed E-state index contributed by atoms with van der Waals surface area (Å²) in [5.74, 6) is 0. The molecule has 88 valence electrons. The maximum Gasteiger partial charge on any atom is 0.141 e. The van der Waals surface area contributed by atoms with Crippen LogP contribution < -0.4 is 0 Å². The van der Waals surface area contributed by atoms with Crippen molar-refractivity contribution >= 4 is 11.0 Å². The van der Waals surface area contributed by atoms with Gasteiger partial charge in [0, 0.05) is 29.5 Å². The molecule has 0 amide bonds. The van der Waals surface area contributed by atoms with Gasteiger partial charge in [0.25, 0.3) is 0 Å². The largest absolute Gasteiger partial charge is 0.346 e. The van der Waals surface area contributed by atoms with Gasteiger partial charge in [0.1, 0.15) is 18.0 Å². The quantitative estimate of drug-likeness (QED) is 0.744. The molecule has 0 spiro atoms. The second-order valence-corrected chi connectivity index (χ2v) is 4.11. The first-order valence-corrected chi connectivity index (χ1v) is 5.65. The van der Waals surface area contributed by atoms with Crippen LogP contribution in [0.5, 0.6) is 0 Å². The lowest BCUT2D eigenvalue weighted by Crippen LogP contribution is -1.98. The summed E-state index contributed by atoms with van der Waals surface area (Å²) in [4.78, 5) is 11.5. The Morgan fingerprint density at radius 1 is 1.39 bits per heavy atom. The number of hydrogen-bond acceptors (Lipinski definition) is 3. The van der Waals surface area contributed by atoms with E-state index in [1.807, 2.05) is 42.2 Å². The Hall–Kier alpha value is -2.61. The molecule has 3 aromatic rings. The molecule has 0 aliphatic heterocycles. The molecule has 3 heterocycles. The Bertz CT molecular complexity index is 731. The number of nitriles is 1. The third kappa shape index (κ3) is 1.55. The molecular formula is C13H11N5. The number of nitrogens with one attached hydrogen (secondary N) is 1. The maximum atomic E-state index is 8.91. The van der Waals surface area contributed by atoms with Crippen LogP contribution >= 0.6 is 0 Å². The van der Waals surface area contributed by atoms with Gasteiger partial charge < -0.3 is 9.55 Å². The molecule has 5 nitrogen and oxygen atoms in total. The Labute approximate surface area is 104 Å². The van der Waals surface area contributed by atoms with E-state index in [4.69, 9.17) is 5.26 Å². The molecule has 0 fully saturated rings. The van der Waals surface area contributed by atoms with E-state index in [0.29, 0.717) is 0 Å². The van der Waals surface area contributed by atoms with Gasteiger partial charge in [0.2, 0.25) is 0 Å². The standard InChI is InChI=1S/C13H11N5/c1-9(6-14)18-5-3-10(7-18)12-11-2-4-15-13(11)17-8-16-12/h2-5,7-9H,1H3,(H,15,16,17). The van der Waals surface area contributed by atoms with E-state index in [2.05, 4.69) is 21.0 Å². The van der Waals surface area contributed by atoms with Crippen LogP contribution in [0.4, 0.5) is 0 Å². The minimum absolute atomic E-state index is 0.178. The second-order valence-electron chi connectivity index (χ2n) is 4.11. The third-order valence-electron chi connectivity index (χ3n) is 2.98. The number of aromatic amines is 1. The van der Waals surface area contributed by atoms with Gasteiger partial charge in [-0.3, -0.25) is 0 Å². The summed E-state index contributed by atoms with van der Waals surface area (Å²) in [5.41, 5.74) is 2.69. The molecule has 0 aliphatic rings. The van der Waals surface area contributed by atoms with Crippen LogP contribution in [0.3, 0.4) is 0 Å². The Morgan fingerprint density at radius 3 is 3.11 bits per heavy atom. The van der Waals surface area contributed by atoms with Gasteiger partial charge in [-0.25, -0.2) is 9.97 Å². The van der Waals surface area contributed by atoms with Crippen LogP contribution in [-0.4, -0.2) is 19.5 Å². The van der Waals surface area contributed by atoms with E-state index in [0.717, 1.165) is 22.3 Å². The molecule has 0 aliphatic carbocycles. The highest BCUT2D eigenvalue weighted by Crippen LogP contribution is 2.25. The molecule has 0 radical (unpaired) electrons. The summed E-state index contributed by atoms with van der Waals surface area (Å²) < 4.78 is 1.87. The highest BCUT2D eigenvalue weighted by atomic mass is 15.0. The van der Waals surface area contributed by atoms with Gasteiger partial charge in [-0.05, 0) is 19.1 Å². The van der Waals surface area contributed by atoms with Crippen LogP contribution in [-0.2, 0) is 0 Å². The Balaban J connectivity index is 2.12. The molecule has 1 unspecified atom stereocenters. The maximum absolute atomic E-state index is 8.91. The van der Waals surface area contributed by atoms with Gasteiger partial charge >= 0.3 is 0 Å². The fraction of sp³-hybridized carbons (Fsp3) is 0.154. The van der Waals surface area contributed by atoms with E-state index in [1.165, 1.54) is 0 Å². The molecule has 0 bridgehead atoms. The summed E-state index contributed by atoms with van der Waals surface area (Å²) >= 11 is 0. The third-order valence-corrected chi connectivity index (χ3v) is 2.98. The Morgan fingerprint density at radius 2 is 2.28 bits per heavy atom. The number of H-pyrrole nitrogens is 1. The average Bonchev–Trinajstić information content (AvgIpc) is 3.05. The average molecular weight is 237 g/mol. The number of fused-ring (bicyclic) bond motifs is 1. The predicted octanol–water partition coefficient (Wildman–Crippen LogP) is 2.51. The first kappa shape index (κ1) is 10.5. The van der Waals surface area contributed by atoms with Crippen molar-refractivity contribution in [3.63, 3.8) is 0 Å². The summed E-state index contributed by atoms with van der Waals surface area (Å²) in [5, 5.41) is 9.89. The van der Waals surface area contributed by atoms with Crippen LogP contribution in [0.25, 0.3) is 22.3 Å². The summed E-state index contributed by atoms with van der Waals surface area (Å²) in [6, 6.07) is 5.94. The molecule has 0 saturated heterocycles. The number of hydrogen-bond donors (Lipinski definition) is 1. The molecule has 3 rings (SSSR count).